The van der Waals surface area contributed by atoms with Gasteiger partial charge in [-0.2, -0.15) is 8.42 Å². The molecule has 0 bridgehead atoms. The zero-order chi connectivity index (χ0) is 16.9. The van der Waals surface area contributed by atoms with E-state index in [4.69, 9.17) is 8.92 Å². The van der Waals surface area contributed by atoms with Gasteiger partial charge in [0.2, 0.25) is 0 Å². The van der Waals surface area contributed by atoms with Crippen LogP contribution in [0.1, 0.15) is 23.6 Å². The van der Waals surface area contributed by atoms with Crippen molar-refractivity contribution in [1.29, 1.82) is 0 Å². The van der Waals surface area contributed by atoms with Crippen LogP contribution in [0.3, 0.4) is 0 Å². The van der Waals surface area contributed by atoms with Crippen LogP contribution in [0.5, 0.6) is 5.75 Å². The van der Waals surface area contributed by atoms with Crippen molar-refractivity contribution in [3.8, 4) is 5.75 Å². The summed E-state index contributed by atoms with van der Waals surface area (Å²) in [4.78, 5) is 0.117. The van der Waals surface area contributed by atoms with Gasteiger partial charge in [-0.05, 0) is 49.2 Å². The molecule has 124 valence electrons. The van der Waals surface area contributed by atoms with Crippen molar-refractivity contribution in [2.24, 2.45) is 0 Å². The van der Waals surface area contributed by atoms with Crippen LogP contribution in [0.2, 0.25) is 0 Å². The fourth-order valence-corrected chi connectivity index (χ4v) is 2.97. The van der Waals surface area contributed by atoms with Gasteiger partial charge in [0.15, 0.2) is 0 Å². The van der Waals surface area contributed by atoms with Crippen LogP contribution in [-0.4, -0.2) is 20.1 Å². The molecular formula is C17H20O5S. The smallest absolute Gasteiger partial charge is 0.297 e. The Kier molecular flexibility index (Phi) is 5.76. The monoisotopic (exact) mass is 336 g/mol. The van der Waals surface area contributed by atoms with Crippen molar-refractivity contribution < 1.29 is 22.4 Å². The Balaban J connectivity index is 2.16. The molecule has 23 heavy (non-hydrogen) atoms. The van der Waals surface area contributed by atoms with E-state index in [2.05, 4.69) is 0 Å². The van der Waals surface area contributed by atoms with Crippen LogP contribution in [-0.2, 0) is 27.5 Å². The largest absolute Gasteiger partial charge is 0.494 e. The fraction of sp³-hybridized carbons (Fsp3) is 0.294. The number of benzene rings is 2. The van der Waals surface area contributed by atoms with Crippen molar-refractivity contribution in [1.82, 2.24) is 0 Å². The van der Waals surface area contributed by atoms with Crippen molar-refractivity contribution in [2.45, 2.75) is 32.0 Å². The van der Waals surface area contributed by atoms with Gasteiger partial charge in [0, 0.05) is 0 Å². The predicted octanol–water partition coefficient (Wildman–Crippen LogP) is 2.79. The minimum atomic E-state index is -3.82. The fourth-order valence-electron chi connectivity index (χ4n) is 2.07. The highest BCUT2D eigenvalue weighted by Gasteiger charge is 2.15. The number of rotatable bonds is 7. The van der Waals surface area contributed by atoms with Gasteiger partial charge in [-0.3, -0.25) is 4.18 Å². The van der Waals surface area contributed by atoms with Gasteiger partial charge in [-0.15, -0.1) is 0 Å². The van der Waals surface area contributed by atoms with Crippen LogP contribution in [0.4, 0.5) is 0 Å². The average Bonchev–Trinajstić information content (AvgIpc) is 2.53. The Morgan fingerprint density at radius 3 is 2.30 bits per heavy atom. The summed E-state index contributed by atoms with van der Waals surface area (Å²) in [5.41, 5.74) is 2.24. The third kappa shape index (κ3) is 4.79. The van der Waals surface area contributed by atoms with Crippen molar-refractivity contribution >= 4 is 10.1 Å². The first-order valence-corrected chi connectivity index (χ1v) is 8.68. The Morgan fingerprint density at radius 1 is 1.04 bits per heavy atom. The lowest BCUT2D eigenvalue weighted by atomic mass is 10.1. The molecule has 0 fully saturated rings. The summed E-state index contributed by atoms with van der Waals surface area (Å²) in [6.45, 7) is 3.94. The molecule has 0 amide bonds. The molecule has 1 N–H and O–H groups in total. The van der Waals surface area contributed by atoms with E-state index in [1.165, 1.54) is 12.1 Å². The van der Waals surface area contributed by atoms with E-state index in [1.54, 1.807) is 30.3 Å². The van der Waals surface area contributed by atoms with E-state index < -0.39 is 10.1 Å². The molecule has 2 rings (SSSR count). The average molecular weight is 336 g/mol. The molecule has 2 aromatic carbocycles. The van der Waals surface area contributed by atoms with E-state index in [-0.39, 0.29) is 18.1 Å². The normalized spacial score (nSPS) is 11.4. The molecule has 0 spiro atoms. The Morgan fingerprint density at radius 2 is 1.70 bits per heavy atom. The van der Waals surface area contributed by atoms with Gasteiger partial charge in [0.25, 0.3) is 10.1 Å². The summed E-state index contributed by atoms with van der Waals surface area (Å²) in [6.07, 6.45) is 0. The molecule has 0 unspecified atom stereocenters. The maximum Gasteiger partial charge on any atom is 0.297 e. The number of hydrogen-bond donors (Lipinski definition) is 1. The summed E-state index contributed by atoms with van der Waals surface area (Å²) in [6, 6.07) is 11.6. The van der Waals surface area contributed by atoms with Crippen molar-refractivity contribution in [2.75, 3.05) is 6.61 Å². The summed E-state index contributed by atoms with van der Waals surface area (Å²) in [7, 11) is -3.82. The number of aliphatic hydroxyl groups excluding tert-OH is 1. The second-order valence-corrected chi connectivity index (χ2v) is 6.72. The van der Waals surface area contributed by atoms with E-state index in [0.29, 0.717) is 23.5 Å². The first-order valence-electron chi connectivity index (χ1n) is 7.27. The lowest BCUT2D eigenvalue weighted by Gasteiger charge is -2.10. The van der Waals surface area contributed by atoms with Gasteiger partial charge >= 0.3 is 0 Å². The minimum absolute atomic E-state index is 0.117. The molecule has 5 nitrogen and oxygen atoms in total. The topological polar surface area (TPSA) is 72.8 Å². The molecule has 6 heteroatoms. The van der Waals surface area contributed by atoms with Crippen LogP contribution in [0.15, 0.2) is 47.4 Å². The van der Waals surface area contributed by atoms with Gasteiger partial charge in [-0.25, -0.2) is 0 Å². The molecule has 0 saturated heterocycles. The number of ether oxygens (including phenoxy) is 1. The quantitative estimate of drug-likeness (QED) is 0.787. The van der Waals surface area contributed by atoms with Gasteiger partial charge in [0.1, 0.15) is 5.75 Å². The van der Waals surface area contributed by atoms with Crippen LogP contribution < -0.4 is 4.74 Å². The van der Waals surface area contributed by atoms with Crippen molar-refractivity contribution in [3.05, 3.63) is 59.2 Å². The summed E-state index contributed by atoms with van der Waals surface area (Å²) in [5.74, 6) is 0.574. The summed E-state index contributed by atoms with van der Waals surface area (Å²) in [5, 5.41) is 9.27. The minimum Gasteiger partial charge on any atom is -0.494 e. The molecule has 0 atom stereocenters. The number of aliphatic hydroxyl groups is 1. The number of aryl methyl sites for hydroxylation is 1. The lowest BCUT2D eigenvalue weighted by Crippen LogP contribution is -2.07. The SMILES string of the molecule is CCOc1cc(CO)cc(COS(=O)(=O)c2ccc(C)cc2)c1. The van der Waals surface area contributed by atoms with Crippen LogP contribution in [0.25, 0.3) is 0 Å². The van der Waals surface area contributed by atoms with E-state index in [1.807, 2.05) is 13.8 Å². The molecule has 0 heterocycles. The van der Waals surface area contributed by atoms with E-state index in [9.17, 15) is 13.5 Å². The molecule has 0 aliphatic heterocycles. The standard InChI is InChI=1S/C17H20O5S/c1-3-21-16-9-14(11-18)8-15(10-16)12-22-23(19,20)17-6-4-13(2)5-7-17/h4-10,18H,3,11-12H2,1-2H3. The number of hydrogen-bond acceptors (Lipinski definition) is 5. The lowest BCUT2D eigenvalue weighted by molar-refractivity contribution is 0.278. The molecule has 0 saturated carbocycles. The third-order valence-electron chi connectivity index (χ3n) is 3.21. The Bertz CT molecular complexity index is 751. The molecule has 0 aromatic heterocycles. The highest BCUT2D eigenvalue weighted by Crippen LogP contribution is 2.20. The second kappa shape index (κ2) is 7.59. The highest BCUT2D eigenvalue weighted by atomic mass is 32.2. The Labute approximate surface area is 136 Å². The first kappa shape index (κ1) is 17.5. The second-order valence-electron chi connectivity index (χ2n) is 5.11. The summed E-state index contributed by atoms with van der Waals surface area (Å²) >= 11 is 0. The third-order valence-corrected chi connectivity index (χ3v) is 4.49. The van der Waals surface area contributed by atoms with E-state index >= 15 is 0 Å². The van der Waals surface area contributed by atoms with Crippen LogP contribution >= 0.6 is 0 Å². The molecule has 2 aromatic rings. The maximum atomic E-state index is 12.2. The first-order chi connectivity index (χ1) is 10.9. The van der Waals surface area contributed by atoms with Crippen molar-refractivity contribution in [3.63, 3.8) is 0 Å². The molecular weight excluding hydrogens is 316 g/mol. The summed E-state index contributed by atoms with van der Waals surface area (Å²) < 4.78 is 34.9. The molecule has 0 aliphatic carbocycles. The van der Waals surface area contributed by atoms with Crippen LogP contribution in [0, 0.1) is 6.92 Å². The molecule has 0 aliphatic rings. The highest BCUT2D eigenvalue weighted by molar-refractivity contribution is 7.86. The predicted molar refractivity (Wildman–Crippen MR) is 86.7 cm³/mol. The molecule has 0 radical (unpaired) electrons. The van der Waals surface area contributed by atoms with Gasteiger partial charge < -0.3 is 9.84 Å². The Hall–Kier alpha value is -1.89. The van der Waals surface area contributed by atoms with E-state index in [0.717, 1.165) is 5.56 Å². The van der Waals surface area contributed by atoms with Gasteiger partial charge in [-0.1, -0.05) is 23.8 Å². The van der Waals surface area contributed by atoms with Gasteiger partial charge in [0.05, 0.1) is 24.7 Å². The maximum absolute atomic E-state index is 12.2. The zero-order valence-electron chi connectivity index (χ0n) is 13.2. The zero-order valence-corrected chi connectivity index (χ0v) is 14.0.